The second kappa shape index (κ2) is 9.87. The van der Waals surface area contributed by atoms with E-state index in [-0.39, 0.29) is 11.0 Å². The quantitative estimate of drug-likeness (QED) is 0.324. The number of unbranched alkanes of at least 4 members (excludes halogenated alkanes) is 3. The van der Waals surface area contributed by atoms with Crippen molar-refractivity contribution >= 4 is 26.9 Å². The molecule has 1 radical (unpaired) electrons. The van der Waals surface area contributed by atoms with Gasteiger partial charge in [0.1, 0.15) is 11.8 Å². The maximum absolute atomic E-state index is 9.68. The van der Waals surface area contributed by atoms with Crippen molar-refractivity contribution in [3.05, 3.63) is 12.3 Å². The number of carbonyl (C=O) groups is 1. The Morgan fingerprint density at radius 3 is 2.76 bits per heavy atom. The Morgan fingerprint density at radius 2 is 2.18 bits per heavy atom. The first-order chi connectivity index (χ1) is 8.04. The Morgan fingerprint density at radius 1 is 1.47 bits per heavy atom. The number of carbonyl (C=O) groups excluding carboxylic acids is 1. The second-order valence-corrected chi connectivity index (χ2v) is 5.36. The van der Waals surface area contributed by atoms with Crippen LogP contribution in [0.5, 0.6) is 0 Å². The Bertz CT molecular complexity index is 232. The normalized spacial score (nSPS) is 23.2. The van der Waals surface area contributed by atoms with E-state index in [1.165, 1.54) is 12.8 Å². The van der Waals surface area contributed by atoms with Crippen LogP contribution in [0, 0.1) is 5.41 Å². The van der Waals surface area contributed by atoms with Gasteiger partial charge in [0, 0.05) is 11.8 Å². The molecule has 1 aliphatic heterocycles. The van der Waals surface area contributed by atoms with Crippen molar-refractivity contribution in [1.29, 1.82) is 0 Å². The molecule has 0 saturated carbocycles. The van der Waals surface area contributed by atoms with Crippen molar-refractivity contribution in [1.82, 2.24) is 0 Å². The lowest BCUT2D eigenvalue weighted by Crippen LogP contribution is -2.21. The zero-order chi connectivity index (χ0) is 13.1. The van der Waals surface area contributed by atoms with Crippen LogP contribution in [0.4, 0.5) is 0 Å². The maximum atomic E-state index is 9.68. The predicted molar refractivity (Wildman–Crippen MR) is 71.9 cm³/mol. The first kappa shape index (κ1) is 16.9. The fourth-order valence-electron chi connectivity index (χ4n) is 0.982. The van der Waals surface area contributed by atoms with Crippen LogP contribution in [0.25, 0.3) is 0 Å². The number of aldehydes is 1. The summed E-state index contributed by atoms with van der Waals surface area (Å²) in [6, 6.07) is 0. The molecule has 0 aromatic rings. The molecule has 0 aliphatic carbocycles. The number of rotatable bonds is 4. The van der Waals surface area contributed by atoms with Crippen LogP contribution in [0.15, 0.2) is 12.3 Å². The Kier molecular flexibility index (Phi) is 9.81. The summed E-state index contributed by atoms with van der Waals surface area (Å²) in [7, 11) is 0.465. The van der Waals surface area contributed by atoms with Gasteiger partial charge in [-0.05, 0) is 12.5 Å². The van der Waals surface area contributed by atoms with E-state index in [9.17, 15) is 4.79 Å². The van der Waals surface area contributed by atoms with Crippen LogP contribution in [-0.4, -0.2) is 11.8 Å². The number of halogens is 1. The summed E-state index contributed by atoms with van der Waals surface area (Å²) >= 11 is 5.85. The molecule has 17 heavy (non-hydrogen) atoms. The highest BCUT2D eigenvalue weighted by atomic mass is 35.5. The van der Waals surface area contributed by atoms with Gasteiger partial charge in [-0.2, -0.15) is 0 Å². The molecule has 1 heterocycles. The first-order valence-electron chi connectivity index (χ1n) is 5.82. The molecule has 0 spiro atoms. The highest BCUT2D eigenvalue weighted by Crippen LogP contribution is 2.36. The van der Waals surface area contributed by atoms with E-state index < -0.39 is 0 Å². The van der Waals surface area contributed by atoms with Gasteiger partial charge in [0.2, 0.25) is 0 Å². The molecule has 0 fully saturated rings. The Labute approximate surface area is 111 Å². The summed E-state index contributed by atoms with van der Waals surface area (Å²) in [6.45, 7) is 6.11. The minimum absolute atomic E-state index is 0.148. The van der Waals surface area contributed by atoms with Crippen LogP contribution >= 0.6 is 20.6 Å². The van der Waals surface area contributed by atoms with Gasteiger partial charge in [0.25, 0.3) is 0 Å². The van der Waals surface area contributed by atoms with E-state index in [0.717, 1.165) is 19.1 Å². The predicted octanol–water partition coefficient (Wildman–Crippen LogP) is 4.68. The largest absolute Gasteiger partial charge is 0.449 e. The summed E-state index contributed by atoms with van der Waals surface area (Å²) in [6.07, 6.45) is 8.70. The minimum Gasteiger partial charge on any atom is -0.449 e. The molecule has 3 nitrogen and oxygen atoms in total. The molecule has 1 rings (SSSR count). The Balaban J connectivity index is 0.000000325. The van der Waals surface area contributed by atoms with Crippen molar-refractivity contribution in [3.8, 4) is 0 Å². The molecule has 0 aromatic heterocycles. The fourth-order valence-corrected chi connectivity index (χ4v) is 1.66. The third-order valence-corrected chi connectivity index (χ3v) is 3.53. The minimum atomic E-state index is -0.312. The van der Waals surface area contributed by atoms with Gasteiger partial charge in [0.15, 0.2) is 0 Å². The van der Waals surface area contributed by atoms with Crippen molar-refractivity contribution < 1.29 is 13.8 Å². The van der Waals surface area contributed by atoms with Crippen molar-refractivity contribution in [2.75, 3.05) is 0 Å². The van der Waals surface area contributed by atoms with Crippen LogP contribution < -0.4 is 0 Å². The van der Waals surface area contributed by atoms with Crippen molar-refractivity contribution in [2.24, 2.45) is 5.41 Å². The molecule has 0 N–H and O–H groups in total. The average Bonchev–Trinajstić information content (AvgIpc) is 2.43. The molecule has 0 aromatic carbocycles. The van der Waals surface area contributed by atoms with E-state index in [2.05, 4.69) is 6.92 Å². The molecule has 1 unspecified atom stereocenters. The maximum Gasteiger partial charge on any atom is 0.330 e. The van der Waals surface area contributed by atoms with E-state index in [1.54, 1.807) is 6.26 Å². The third kappa shape index (κ3) is 8.59. The summed E-state index contributed by atoms with van der Waals surface area (Å²) in [5.74, 6) is 0. The van der Waals surface area contributed by atoms with Crippen LogP contribution in [0.3, 0.4) is 0 Å². The van der Waals surface area contributed by atoms with E-state index >= 15 is 0 Å². The summed E-state index contributed by atoms with van der Waals surface area (Å²) in [5.41, 5.74) is -0.460. The molecule has 99 valence electrons. The van der Waals surface area contributed by atoms with Gasteiger partial charge in [0.05, 0.1) is 6.26 Å². The lowest BCUT2D eigenvalue weighted by molar-refractivity contribution is -0.107. The molecule has 5 heteroatoms. The van der Waals surface area contributed by atoms with E-state index in [0.29, 0.717) is 9.03 Å². The summed E-state index contributed by atoms with van der Waals surface area (Å²) < 4.78 is 9.96. The summed E-state index contributed by atoms with van der Waals surface area (Å²) in [5, 5.41) is 0. The van der Waals surface area contributed by atoms with E-state index in [1.807, 2.05) is 19.9 Å². The van der Waals surface area contributed by atoms with Crippen LogP contribution in [0.2, 0.25) is 0 Å². The SMILES string of the molecule is CC1(C)C=CO[P]OC1Cl.CCCCCC=O. The van der Waals surface area contributed by atoms with E-state index in [4.69, 9.17) is 20.6 Å². The smallest absolute Gasteiger partial charge is 0.330 e. The summed E-state index contributed by atoms with van der Waals surface area (Å²) in [4.78, 5) is 9.68. The molecule has 1 aliphatic rings. The monoisotopic (exact) mass is 279 g/mol. The molecular formula is C12H21ClO3P. The van der Waals surface area contributed by atoms with Crippen LogP contribution in [0.1, 0.15) is 46.5 Å². The second-order valence-electron chi connectivity index (χ2n) is 4.39. The zero-order valence-corrected chi connectivity index (χ0v) is 12.3. The molecular weight excluding hydrogens is 259 g/mol. The molecule has 0 saturated heterocycles. The highest BCUT2D eigenvalue weighted by molar-refractivity contribution is 7.26. The standard InChI is InChI=1S/C6H9ClO2P.C6H12O/c1-6(2)3-4-8-10-9-5(6)7;1-2-3-4-5-6-7/h3-5H,1-2H3;6H,2-5H2,1H3. The molecule has 0 amide bonds. The lowest BCUT2D eigenvalue weighted by atomic mass is 9.95. The van der Waals surface area contributed by atoms with Gasteiger partial charge >= 0.3 is 9.03 Å². The number of hydrogen-bond acceptors (Lipinski definition) is 3. The highest BCUT2D eigenvalue weighted by Gasteiger charge is 2.28. The van der Waals surface area contributed by atoms with Gasteiger partial charge in [-0.3, -0.25) is 4.52 Å². The average molecular weight is 280 g/mol. The fraction of sp³-hybridized carbons (Fsp3) is 0.750. The number of alkyl halides is 1. The van der Waals surface area contributed by atoms with Gasteiger partial charge < -0.3 is 9.32 Å². The topological polar surface area (TPSA) is 35.5 Å². The van der Waals surface area contributed by atoms with Crippen LogP contribution in [-0.2, 0) is 13.8 Å². The van der Waals surface area contributed by atoms with Gasteiger partial charge in [-0.25, -0.2) is 0 Å². The van der Waals surface area contributed by atoms with Gasteiger partial charge in [-0.15, -0.1) is 0 Å². The van der Waals surface area contributed by atoms with Crippen molar-refractivity contribution in [3.63, 3.8) is 0 Å². The zero-order valence-electron chi connectivity index (χ0n) is 10.7. The lowest BCUT2D eigenvalue weighted by Gasteiger charge is -2.22. The van der Waals surface area contributed by atoms with Crippen molar-refractivity contribution in [2.45, 2.75) is 52.0 Å². The van der Waals surface area contributed by atoms with Gasteiger partial charge in [-0.1, -0.05) is 45.2 Å². The molecule has 1 atom stereocenters. The Hall–Kier alpha value is -0.110. The first-order valence-corrected chi connectivity index (χ1v) is 6.98. The third-order valence-electron chi connectivity index (χ3n) is 2.25. The molecule has 0 bridgehead atoms. The number of hydrogen-bond donors (Lipinski definition) is 0.